The first-order valence-electron chi connectivity index (χ1n) is 6.69. The summed E-state index contributed by atoms with van der Waals surface area (Å²) in [7, 11) is 0. The van der Waals surface area contributed by atoms with Crippen LogP contribution in [0, 0.1) is 6.92 Å². The number of hydrogen-bond donors (Lipinski definition) is 1. The summed E-state index contributed by atoms with van der Waals surface area (Å²) in [5, 5.41) is 3.59. The van der Waals surface area contributed by atoms with Crippen LogP contribution in [-0.2, 0) is 16.0 Å². The van der Waals surface area contributed by atoms with Crippen LogP contribution in [-0.4, -0.2) is 23.5 Å². The molecule has 1 amide bonds. The van der Waals surface area contributed by atoms with E-state index in [0.717, 1.165) is 16.9 Å². The number of halogens is 1. The lowest BCUT2D eigenvalue weighted by molar-refractivity contribution is -0.115. The van der Waals surface area contributed by atoms with Crippen molar-refractivity contribution in [2.45, 2.75) is 20.3 Å². The average molecular weight is 339 g/mol. The first-order chi connectivity index (χ1) is 10.5. The predicted octanol–water partition coefficient (Wildman–Crippen LogP) is 3.46. The summed E-state index contributed by atoms with van der Waals surface area (Å²) in [6.07, 6.45) is 0.146. The normalized spacial score (nSPS) is 10.3. The van der Waals surface area contributed by atoms with Crippen LogP contribution in [0.3, 0.4) is 0 Å². The molecule has 0 bridgehead atoms. The fourth-order valence-electron chi connectivity index (χ4n) is 1.81. The van der Waals surface area contributed by atoms with Crippen LogP contribution >= 0.6 is 22.9 Å². The highest BCUT2D eigenvalue weighted by Crippen LogP contribution is 2.24. The van der Waals surface area contributed by atoms with Gasteiger partial charge in [-0.2, -0.15) is 0 Å². The van der Waals surface area contributed by atoms with Gasteiger partial charge in [0, 0.05) is 5.02 Å². The van der Waals surface area contributed by atoms with Gasteiger partial charge in [0.2, 0.25) is 5.91 Å². The second-order valence-electron chi connectivity index (χ2n) is 4.47. The molecule has 0 aliphatic carbocycles. The molecule has 0 spiro atoms. The smallest absolute Gasteiger partial charge is 0.350 e. The molecule has 0 atom stereocenters. The Morgan fingerprint density at radius 1 is 1.36 bits per heavy atom. The molecule has 0 radical (unpaired) electrons. The highest BCUT2D eigenvalue weighted by Gasteiger charge is 2.17. The molecule has 22 heavy (non-hydrogen) atoms. The van der Waals surface area contributed by atoms with Crippen LogP contribution in [0.5, 0.6) is 0 Å². The van der Waals surface area contributed by atoms with Crippen LogP contribution in [0.15, 0.2) is 24.3 Å². The number of amides is 1. The molecule has 0 saturated carbocycles. The van der Waals surface area contributed by atoms with Crippen molar-refractivity contribution in [2.75, 3.05) is 11.9 Å². The third-order valence-corrected chi connectivity index (χ3v) is 4.23. The first-order valence-corrected chi connectivity index (χ1v) is 7.88. The third-order valence-electron chi connectivity index (χ3n) is 2.81. The number of anilines is 1. The number of carbonyl (C=O) groups excluding carboxylic acids is 2. The van der Waals surface area contributed by atoms with Crippen LogP contribution in [0.2, 0.25) is 5.02 Å². The first kappa shape index (κ1) is 16.5. The Hall–Kier alpha value is -1.92. The second-order valence-corrected chi connectivity index (χ2v) is 5.88. The second kappa shape index (κ2) is 7.38. The Kier molecular flexibility index (Phi) is 5.51. The quantitative estimate of drug-likeness (QED) is 0.848. The molecule has 1 aromatic heterocycles. The molecule has 0 unspecified atom stereocenters. The lowest BCUT2D eigenvalue weighted by Gasteiger charge is -2.03. The Morgan fingerprint density at radius 3 is 2.77 bits per heavy atom. The maximum Gasteiger partial charge on any atom is 0.350 e. The number of benzene rings is 1. The van der Waals surface area contributed by atoms with Crippen molar-refractivity contribution in [2.24, 2.45) is 0 Å². The number of hydrogen-bond acceptors (Lipinski definition) is 5. The van der Waals surface area contributed by atoms with Crippen molar-refractivity contribution < 1.29 is 14.3 Å². The summed E-state index contributed by atoms with van der Waals surface area (Å²) in [5.74, 6) is -0.665. The van der Waals surface area contributed by atoms with Gasteiger partial charge < -0.3 is 10.1 Å². The Balaban J connectivity index is 2.05. The molecule has 0 saturated heterocycles. The maximum absolute atomic E-state index is 12.0. The van der Waals surface area contributed by atoms with E-state index in [1.54, 1.807) is 32.0 Å². The Bertz CT molecular complexity index is 700. The lowest BCUT2D eigenvalue weighted by Crippen LogP contribution is -2.14. The minimum Gasteiger partial charge on any atom is -0.462 e. The molecule has 1 N–H and O–H groups in total. The van der Waals surface area contributed by atoms with E-state index >= 15 is 0 Å². The van der Waals surface area contributed by atoms with E-state index in [0.29, 0.717) is 27.3 Å². The van der Waals surface area contributed by atoms with Gasteiger partial charge in [-0.3, -0.25) is 4.79 Å². The molecule has 1 aromatic carbocycles. The number of esters is 1. The molecule has 0 fully saturated rings. The highest BCUT2D eigenvalue weighted by molar-refractivity contribution is 7.17. The highest BCUT2D eigenvalue weighted by atomic mass is 35.5. The third kappa shape index (κ3) is 4.05. The number of thiazole rings is 1. The zero-order valence-corrected chi connectivity index (χ0v) is 13.8. The van der Waals surface area contributed by atoms with E-state index in [9.17, 15) is 9.59 Å². The van der Waals surface area contributed by atoms with Crippen molar-refractivity contribution in [3.8, 4) is 0 Å². The van der Waals surface area contributed by atoms with Crippen LogP contribution in [0.1, 0.15) is 27.9 Å². The molecule has 0 aliphatic heterocycles. The summed E-state index contributed by atoms with van der Waals surface area (Å²) in [6, 6.07) is 7.15. The van der Waals surface area contributed by atoms with E-state index in [1.165, 1.54) is 0 Å². The lowest BCUT2D eigenvalue weighted by atomic mass is 10.1. The van der Waals surface area contributed by atoms with E-state index in [4.69, 9.17) is 16.3 Å². The van der Waals surface area contributed by atoms with Crippen molar-refractivity contribution in [3.63, 3.8) is 0 Å². The number of aryl methyl sites for hydroxylation is 1. The molecule has 1 heterocycles. The molecule has 2 aromatic rings. The zero-order valence-electron chi connectivity index (χ0n) is 12.2. The number of carbonyl (C=O) groups is 2. The molecule has 0 aliphatic rings. The van der Waals surface area contributed by atoms with Gasteiger partial charge in [-0.1, -0.05) is 41.1 Å². The number of nitrogens with zero attached hydrogens (tertiary/aromatic N) is 1. The van der Waals surface area contributed by atoms with Crippen molar-refractivity contribution in [1.82, 2.24) is 4.98 Å². The van der Waals surface area contributed by atoms with Gasteiger partial charge in [0.1, 0.15) is 4.88 Å². The van der Waals surface area contributed by atoms with Crippen molar-refractivity contribution in [1.29, 1.82) is 0 Å². The van der Waals surface area contributed by atoms with Gasteiger partial charge >= 0.3 is 5.97 Å². The molecule has 7 heteroatoms. The van der Waals surface area contributed by atoms with Gasteiger partial charge in [-0.05, 0) is 25.5 Å². The minimum absolute atomic E-state index is 0.146. The Labute approximate surface area is 137 Å². The summed E-state index contributed by atoms with van der Waals surface area (Å²) < 4.78 is 4.94. The standard InChI is InChI=1S/C15H15ClN2O3S/c1-3-21-14(20)13-9(2)17-15(22-13)18-12(19)8-10-6-4-5-7-11(10)16/h4-7H,3,8H2,1-2H3,(H,17,18,19). The van der Waals surface area contributed by atoms with Crippen molar-refractivity contribution in [3.05, 3.63) is 45.4 Å². The number of ether oxygens (including phenoxy) is 1. The fraction of sp³-hybridized carbons (Fsp3) is 0.267. The van der Waals surface area contributed by atoms with Crippen molar-refractivity contribution >= 4 is 39.9 Å². The number of rotatable bonds is 5. The molecule has 116 valence electrons. The number of nitrogens with one attached hydrogen (secondary N) is 1. The SMILES string of the molecule is CCOC(=O)c1sc(NC(=O)Cc2ccccc2Cl)nc1C. The van der Waals surface area contributed by atoms with Crippen LogP contribution in [0.25, 0.3) is 0 Å². The van der Waals surface area contributed by atoms with Gasteiger partial charge in [0.25, 0.3) is 0 Å². The minimum atomic E-state index is -0.427. The topological polar surface area (TPSA) is 68.3 Å². The van der Waals surface area contributed by atoms with E-state index in [-0.39, 0.29) is 12.3 Å². The number of aromatic nitrogens is 1. The van der Waals surface area contributed by atoms with Gasteiger partial charge in [-0.15, -0.1) is 0 Å². The van der Waals surface area contributed by atoms with Crippen LogP contribution < -0.4 is 5.32 Å². The van der Waals surface area contributed by atoms with E-state index < -0.39 is 5.97 Å². The molecular weight excluding hydrogens is 324 g/mol. The maximum atomic E-state index is 12.0. The monoisotopic (exact) mass is 338 g/mol. The van der Waals surface area contributed by atoms with Gasteiger partial charge in [0.15, 0.2) is 5.13 Å². The van der Waals surface area contributed by atoms with E-state index in [1.807, 2.05) is 6.07 Å². The molecule has 5 nitrogen and oxygen atoms in total. The van der Waals surface area contributed by atoms with Gasteiger partial charge in [-0.25, -0.2) is 9.78 Å². The summed E-state index contributed by atoms with van der Waals surface area (Å²) >= 11 is 7.12. The largest absolute Gasteiger partial charge is 0.462 e. The summed E-state index contributed by atoms with van der Waals surface area (Å²) in [6.45, 7) is 3.73. The Morgan fingerprint density at radius 2 is 2.09 bits per heavy atom. The van der Waals surface area contributed by atoms with Gasteiger partial charge in [0.05, 0.1) is 18.7 Å². The molecule has 2 rings (SSSR count). The zero-order chi connectivity index (χ0) is 16.1. The molecular formula is C15H15ClN2O3S. The van der Waals surface area contributed by atoms with Crippen LogP contribution in [0.4, 0.5) is 5.13 Å². The fourth-order valence-corrected chi connectivity index (χ4v) is 2.89. The van der Waals surface area contributed by atoms with E-state index in [2.05, 4.69) is 10.3 Å². The summed E-state index contributed by atoms with van der Waals surface area (Å²) in [5.41, 5.74) is 1.28. The predicted molar refractivity (Wildman–Crippen MR) is 86.6 cm³/mol. The average Bonchev–Trinajstić information content (AvgIpc) is 2.82. The summed E-state index contributed by atoms with van der Waals surface area (Å²) in [4.78, 5) is 28.3.